The predicted molar refractivity (Wildman–Crippen MR) is 172 cm³/mol. The lowest BCUT2D eigenvalue weighted by molar-refractivity contribution is -0.135. The van der Waals surface area contributed by atoms with E-state index in [9.17, 15) is 0 Å². The zero-order valence-corrected chi connectivity index (χ0v) is 26.6. The number of aliphatic hydroxyl groups is 2. The average Bonchev–Trinajstić information content (AvgIpc) is 2.90. The quantitative estimate of drug-likeness (QED) is 0.0718. The van der Waals surface area contributed by atoms with Crippen LogP contribution in [0.25, 0.3) is 0 Å². The average molecular weight is 571 g/mol. The van der Waals surface area contributed by atoms with Gasteiger partial charge in [0, 0.05) is 27.1 Å². The molecule has 4 N–H and O–H groups in total. The van der Waals surface area contributed by atoms with Crippen LogP contribution in [0.5, 0.6) is 0 Å². The molecule has 0 bridgehead atoms. The molecule has 0 fully saturated rings. The van der Waals surface area contributed by atoms with E-state index in [0.29, 0.717) is 6.61 Å². The molecule has 0 rings (SSSR count). The van der Waals surface area contributed by atoms with E-state index in [-0.39, 0.29) is 6.61 Å². The van der Waals surface area contributed by atoms with Crippen molar-refractivity contribution in [1.29, 1.82) is 0 Å². The summed E-state index contributed by atoms with van der Waals surface area (Å²) in [5.74, 6) is -1.67. The Morgan fingerprint density at radius 1 is 0.450 bits per heavy atom. The van der Waals surface area contributed by atoms with Crippen molar-refractivity contribution < 1.29 is 30.0 Å². The Labute approximate surface area is 247 Å². The minimum absolute atomic E-state index is 0.281. The SMILES string of the molecule is CC(=O)O.CC(=O)O.CCC=CCCCCCCCCO.CCCCC=CCCCCCCCCC=CCCO. The van der Waals surface area contributed by atoms with Crippen molar-refractivity contribution >= 4 is 11.9 Å². The molecule has 6 nitrogen and oxygen atoms in total. The summed E-state index contributed by atoms with van der Waals surface area (Å²) in [5.41, 5.74) is 0. The van der Waals surface area contributed by atoms with Crippen LogP contribution >= 0.6 is 0 Å². The highest BCUT2D eigenvalue weighted by atomic mass is 16.4. The number of hydrogen-bond acceptors (Lipinski definition) is 4. The minimum atomic E-state index is -0.833. The summed E-state index contributed by atoms with van der Waals surface area (Å²) >= 11 is 0. The van der Waals surface area contributed by atoms with Crippen molar-refractivity contribution in [2.24, 2.45) is 0 Å². The molecule has 40 heavy (non-hydrogen) atoms. The molecule has 6 heteroatoms. The standard InChI is InChI=1S/C18H34O.C12H24O.2C2H4O2/c1-2-3-4-5-6-7-8-9-10-11-12-13-14-15-16-17-18-19;1-2-3-4-5-6-7-8-9-10-11-12-13;2*1-2(3)4/h5-6,15-16,19H,2-4,7-14,17-18H2,1H3;3-4,13H,2,5-12H2,1H3;2*1H3,(H,3,4). The first-order valence-electron chi connectivity index (χ1n) is 15.9. The third-order valence-electron chi connectivity index (χ3n) is 5.53. The molecule has 0 spiro atoms. The number of aliphatic hydroxyl groups excluding tert-OH is 2. The minimum Gasteiger partial charge on any atom is -0.481 e. The van der Waals surface area contributed by atoms with Crippen molar-refractivity contribution in [3.63, 3.8) is 0 Å². The van der Waals surface area contributed by atoms with Crippen LogP contribution in [0, 0.1) is 0 Å². The van der Waals surface area contributed by atoms with Crippen LogP contribution in [0.4, 0.5) is 0 Å². The van der Waals surface area contributed by atoms with Gasteiger partial charge in [-0.3, -0.25) is 9.59 Å². The van der Waals surface area contributed by atoms with E-state index in [1.165, 1.54) is 109 Å². The van der Waals surface area contributed by atoms with Crippen LogP contribution in [0.15, 0.2) is 36.5 Å². The molecule has 0 aromatic carbocycles. The monoisotopic (exact) mass is 570 g/mol. The molecule has 0 aliphatic carbocycles. The molecule has 0 atom stereocenters. The molecule has 0 aromatic rings. The van der Waals surface area contributed by atoms with Crippen LogP contribution in [-0.2, 0) is 9.59 Å². The van der Waals surface area contributed by atoms with Crippen molar-refractivity contribution in [2.75, 3.05) is 13.2 Å². The van der Waals surface area contributed by atoms with Gasteiger partial charge in [0.1, 0.15) is 0 Å². The van der Waals surface area contributed by atoms with E-state index < -0.39 is 11.9 Å². The van der Waals surface area contributed by atoms with Gasteiger partial charge in [-0.1, -0.05) is 115 Å². The summed E-state index contributed by atoms with van der Waals surface area (Å²) in [6.07, 6.45) is 38.8. The van der Waals surface area contributed by atoms with E-state index in [1.54, 1.807) is 0 Å². The van der Waals surface area contributed by atoms with Gasteiger partial charge in [0.25, 0.3) is 11.9 Å². The topological polar surface area (TPSA) is 115 Å². The van der Waals surface area contributed by atoms with E-state index >= 15 is 0 Å². The maximum absolute atomic E-state index is 9.00. The summed E-state index contributed by atoms with van der Waals surface area (Å²) in [6, 6.07) is 0. The molecule has 0 saturated heterocycles. The summed E-state index contributed by atoms with van der Waals surface area (Å²) < 4.78 is 0. The van der Waals surface area contributed by atoms with Gasteiger partial charge in [-0.25, -0.2) is 0 Å². The van der Waals surface area contributed by atoms with Gasteiger partial charge >= 0.3 is 0 Å². The number of carboxylic acids is 2. The second kappa shape index (κ2) is 46.9. The third kappa shape index (κ3) is 76.6. The maximum Gasteiger partial charge on any atom is 0.300 e. The molecule has 0 heterocycles. The van der Waals surface area contributed by atoms with Gasteiger partial charge in [-0.2, -0.15) is 0 Å². The fourth-order valence-corrected chi connectivity index (χ4v) is 3.47. The zero-order chi connectivity index (χ0) is 31.0. The smallest absolute Gasteiger partial charge is 0.300 e. The lowest BCUT2D eigenvalue weighted by Crippen LogP contribution is -1.83. The number of rotatable bonds is 23. The Morgan fingerprint density at radius 3 is 1.07 bits per heavy atom. The third-order valence-corrected chi connectivity index (χ3v) is 5.53. The van der Waals surface area contributed by atoms with Gasteiger partial charge < -0.3 is 20.4 Å². The second-order valence-corrected chi connectivity index (χ2v) is 9.85. The Balaban J connectivity index is -0.000000264. The molecule has 0 amide bonds. The molecular formula is C34H66O6. The highest BCUT2D eigenvalue weighted by Crippen LogP contribution is 2.10. The lowest BCUT2D eigenvalue weighted by atomic mass is 10.1. The van der Waals surface area contributed by atoms with E-state index in [4.69, 9.17) is 30.0 Å². The first-order valence-corrected chi connectivity index (χ1v) is 15.9. The fourth-order valence-electron chi connectivity index (χ4n) is 3.47. The van der Waals surface area contributed by atoms with Gasteiger partial charge in [0.2, 0.25) is 0 Å². The fraction of sp³-hybridized carbons (Fsp3) is 0.765. The van der Waals surface area contributed by atoms with Crippen LogP contribution < -0.4 is 0 Å². The molecule has 0 aliphatic heterocycles. The summed E-state index contributed by atoms with van der Waals surface area (Å²) in [5, 5.41) is 32.0. The summed E-state index contributed by atoms with van der Waals surface area (Å²) in [6.45, 7) is 7.23. The van der Waals surface area contributed by atoms with Crippen molar-refractivity contribution in [3.8, 4) is 0 Å². The van der Waals surface area contributed by atoms with Crippen molar-refractivity contribution in [1.82, 2.24) is 0 Å². The number of aliphatic carboxylic acids is 2. The van der Waals surface area contributed by atoms with Gasteiger partial charge in [0.15, 0.2) is 0 Å². The van der Waals surface area contributed by atoms with E-state index in [0.717, 1.165) is 33.1 Å². The van der Waals surface area contributed by atoms with Crippen LogP contribution in [0.3, 0.4) is 0 Å². The van der Waals surface area contributed by atoms with Crippen LogP contribution in [-0.4, -0.2) is 45.6 Å². The second-order valence-electron chi connectivity index (χ2n) is 9.85. The number of allylic oxidation sites excluding steroid dienone is 5. The number of carboxylic acid groups (broad SMARTS) is 2. The first kappa shape index (κ1) is 45.1. The van der Waals surface area contributed by atoms with Gasteiger partial charge in [-0.15, -0.1) is 0 Å². The molecule has 0 aliphatic rings. The maximum atomic E-state index is 9.00. The van der Waals surface area contributed by atoms with Crippen LogP contribution in [0.1, 0.15) is 156 Å². The molecule has 238 valence electrons. The summed E-state index contributed by atoms with van der Waals surface area (Å²) in [4.78, 5) is 18.0. The predicted octanol–water partition coefficient (Wildman–Crippen LogP) is 9.65. The number of hydrogen-bond donors (Lipinski definition) is 4. The molecule has 0 saturated carbocycles. The molecular weight excluding hydrogens is 504 g/mol. The van der Waals surface area contributed by atoms with Gasteiger partial charge in [0.05, 0.1) is 0 Å². The lowest BCUT2D eigenvalue weighted by Gasteiger charge is -1.99. The molecule has 0 aromatic heterocycles. The highest BCUT2D eigenvalue weighted by molar-refractivity contribution is 5.63. The Bertz CT molecular complexity index is 535. The Morgan fingerprint density at radius 2 is 0.750 bits per heavy atom. The van der Waals surface area contributed by atoms with E-state index in [2.05, 4.69) is 50.3 Å². The van der Waals surface area contributed by atoms with Crippen LogP contribution in [0.2, 0.25) is 0 Å². The van der Waals surface area contributed by atoms with Crippen molar-refractivity contribution in [2.45, 2.75) is 156 Å². The zero-order valence-electron chi connectivity index (χ0n) is 26.6. The first-order chi connectivity index (χ1) is 19.3. The number of unbranched alkanes of at least 4 members (excludes halogenated alkanes) is 15. The molecule has 0 unspecified atom stereocenters. The highest BCUT2D eigenvalue weighted by Gasteiger charge is 1.90. The Hall–Kier alpha value is -1.92. The molecule has 0 radical (unpaired) electrons. The van der Waals surface area contributed by atoms with Crippen molar-refractivity contribution in [3.05, 3.63) is 36.5 Å². The normalized spacial score (nSPS) is 10.6. The summed E-state index contributed by atoms with van der Waals surface area (Å²) in [7, 11) is 0. The van der Waals surface area contributed by atoms with Gasteiger partial charge in [-0.05, 0) is 64.2 Å². The number of carbonyl (C=O) groups is 2. The van der Waals surface area contributed by atoms with E-state index in [1.807, 2.05) is 0 Å². The Kier molecular flexibility index (Phi) is 52.9. The largest absolute Gasteiger partial charge is 0.481 e.